The average molecular weight is 359 g/mol. The first-order chi connectivity index (χ1) is 11.5. The normalized spacial score (nSPS) is 12.8. The lowest BCUT2D eigenvalue weighted by Gasteiger charge is -2.11. The van der Waals surface area contributed by atoms with Crippen molar-refractivity contribution in [3.8, 4) is 11.8 Å². The number of alkyl halides is 1. The number of aliphatic hydroxyl groups excluding tert-OH is 1. The van der Waals surface area contributed by atoms with Gasteiger partial charge in [-0.1, -0.05) is 51.4 Å². The van der Waals surface area contributed by atoms with Crippen LogP contribution in [0, 0.1) is 11.8 Å². The van der Waals surface area contributed by atoms with Gasteiger partial charge in [-0.25, -0.2) is 0 Å². The molecule has 0 aromatic carbocycles. The van der Waals surface area contributed by atoms with Gasteiger partial charge in [0, 0.05) is 12.8 Å². The predicted octanol–water partition coefficient (Wildman–Crippen LogP) is 4.01. The van der Waals surface area contributed by atoms with Gasteiger partial charge in [0.05, 0.1) is 12.0 Å². The summed E-state index contributed by atoms with van der Waals surface area (Å²) in [7, 11) is 0. The van der Waals surface area contributed by atoms with Gasteiger partial charge in [0.2, 0.25) is 0 Å². The van der Waals surface area contributed by atoms with E-state index in [2.05, 4.69) is 18.8 Å². The van der Waals surface area contributed by atoms with Crippen molar-refractivity contribution in [2.45, 2.75) is 89.5 Å². The molecule has 0 saturated carbocycles. The van der Waals surface area contributed by atoms with Crippen LogP contribution in [0.15, 0.2) is 0 Å². The minimum atomic E-state index is -0.873. The first kappa shape index (κ1) is 22.9. The minimum Gasteiger partial charge on any atom is -0.466 e. The molecule has 0 aliphatic carbocycles. The summed E-state index contributed by atoms with van der Waals surface area (Å²) in [6, 6.07) is 0. The molecule has 138 valence electrons. The molecule has 0 amide bonds. The lowest BCUT2D eigenvalue weighted by atomic mass is 10.1. The van der Waals surface area contributed by atoms with Crippen LogP contribution >= 0.6 is 11.6 Å². The van der Waals surface area contributed by atoms with Gasteiger partial charge in [0.25, 0.3) is 0 Å². The highest BCUT2D eigenvalue weighted by atomic mass is 35.5. The maximum Gasteiger partial charge on any atom is 0.313 e. The highest BCUT2D eigenvalue weighted by Gasteiger charge is 2.13. The van der Waals surface area contributed by atoms with Gasteiger partial charge in [0.1, 0.15) is 18.3 Å². The van der Waals surface area contributed by atoms with Crippen molar-refractivity contribution in [1.29, 1.82) is 0 Å². The van der Waals surface area contributed by atoms with Gasteiger partial charge in [0.15, 0.2) is 0 Å². The molecule has 0 heterocycles. The van der Waals surface area contributed by atoms with Crippen LogP contribution in [0.3, 0.4) is 0 Å². The number of aliphatic hydroxyl groups is 1. The number of hydrogen-bond acceptors (Lipinski definition) is 4. The van der Waals surface area contributed by atoms with Crippen molar-refractivity contribution in [3.05, 3.63) is 0 Å². The average Bonchev–Trinajstić information content (AvgIpc) is 2.54. The Morgan fingerprint density at radius 2 is 1.79 bits per heavy atom. The van der Waals surface area contributed by atoms with Gasteiger partial charge in [-0.15, -0.1) is 17.5 Å². The van der Waals surface area contributed by atoms with E-state index in [-0.39, 0.29) is 30.6 Å². The van der Waals surface area contributed by atoms with Gasteiger partial charge in [-0.3, -0.25) is 9.59 Å². The summed E-state index contributed by atoms with van der Waals surface area (Å²) in [4.78, 5) is 22.6. The maximum atomic E-state index is 11.5. The van der Waals surface area contributed by atoms with Gasteiger partial charge in [-0.2, -0.15) is 0 Å². The smallest absolute Gasteiger partial charge is 0.313 e. The van der Waals surface area contributed by atoms with Crippen molar-refractivity contribution in [2.75, 3.05) is 6.61 Å². The fraction of sp³-hybridized carbons (Fsp3) is 0.789. The summed E-state index contributed by atoms with van der Waals surface area (Å²) in [6.07, 6.45) is 7.25. The second-order valence-corrected chi connectivity index (χ2v) is 6.42. The quantitative estimate of drug-likeness (QED) is 0.178. The van der Waals surface area contributed by atoms with E-state index in [4.69, 9.17) is 16.3 Å². The predicted molar refractivity (Wildman–Crippen MR) is 96.9 cm³/mol. The van der Waals surface area contributed by atoms with Gasteiger partial charge >= 0.3 is 5.97 Å². The van der Waals surface area contributed by atoms with E-state index >= 15 is 0 Å². The number of ether oxygens (including phenoxy) is 1. The fourth-order valence-electron chi connectivity index (χ4n) is 2.21. The molecule has 5 heteroatoms. The summed E-state index contributed by atoms with van der Waals surface area (Å²) < 4.78 is 4.70. The number of esters is 1. The van der Waals surface area contributed by atoms with Crippen LogP contribution in [0.5, 0.6) is 0 Å². The second kappa shape index (κ2) is 15.5. The Morgan fingerprint density at radius 1 is 1.12 bits per heavy atom. The summed E-state index contributed by atoms with van der Waals surface area (Å²) in [5, 5.41) is 9.50. The van der Waals surface area contributed by atoms with Crippen LogP contribution in [0.4, 0.5) is 0 Å². The third-order valence-corrected chi connectivity index (χ3v) is 4.06. The monoisotopic (exact) mass is 358 g/mol. The Kier molecular flexibility index (Phi) is 14.8. The number of rotatable bonds is 13. The molecule has 2 atom stereocenters. The molecule has 0 aliphatic rings. The maximum absolute atomic E-state index is 11.5. The van der Waals surface area contributed by atoms with E-state index in [1.54, 1.807) is 6.92 Å². The van der Waals surface area contributed by atoms with Crippen LogP contribution in [-0.4, -0.2) is 34.9 Å². The molecule has 0 fully saturated rings. The number of carbonyl (C=O) groups excluding carboxylic acids is 2. The molecule has 0 aliphatic heterocycles. The van der Waals surface area contributed by atoms with Crippen LogP contribution < -0.4 is 0 Å². The molecule has 4 nitrogen and oxygen atoms in total. The summed E-state index contributed by atoms with van der Waals surface area (Å²) in [5.41, 5.74) is 0. The van der Waals surface area contributed by atoms with Crippen LogP contribution in [-0.2, 0) is 14.3 Å². The van der Waals surface area contributed by atoms with Crippen molar-refractivity contribution >= 4 is 23.4 Å². The summed E-state index contributed by atoms with van der Waals surface area (Å²) in [6.45, 7) is 4.16. The Labute approximate surface area is 151 Å². The molecule has 0 saturated heterocycles. The molecule has 24 heavy (non-hydrogen) atoms. The van der Waals surface area contributed by atoms with Crippen LogP contribution in [0.25, 0.3) is 0 Å². The van der Waals surface area contributed by atoms with E-state index in [1.165, 1.54) is 25.7 Å². The Bertz CT molecular complexity index is 411. The third-order valence-electron chi connectivity index (χ3n) is 3.60. The molecule has 0 bridgehead atoms. The highest BCUT2D eigenvalue weighted by molar-refractivity contribution is 6.21. The van der Waals surface area contributed by atoms with E-state index in [0.717, 1.165) is 19.3 Å². The zero-order valence-corrected chi connectivity index (χ0v) is 15.7. The molecule has 0 spiro atoms. The second-order valence-electron chi connectivity index (χ2n) is 5.86. The number of unbranched alkanes of at least 4 members (excludes halogenated alkanes) is 5. The third kappa shape index (κ3) is 13.4. The standard InChI is InChI=1S/C19H31ClO4/c1-3-5-6-7-8-9-13-17(20)18(22)14-11-10-12-16(21)15-19(23)24-4-2/h17-18,22H,3-10,12-13,15H2,1-2H3. The lowest BCUT2D eigenvalue weighted by Crippen LogP contribution is -2.18. The number of ketones is 1. The highest BCUT2D eigenvalue weighted by Crippen LogP contribution is 2.14. The lowest BCUT2D eigenvalue weighted by molar-refractivity contribution is -0.145. The van der Waals surface area contributed by atoms with Crippen molar-refractivity contribution < 1.29 is 19.4 Å². The molecule has 0 aromatic heterocycles. The Hall–Kier alpha value is -1.05. The number of carbonyl (C=O) groups is 2. The van der Waals surface area contributed by atoms with Gasteiger partial charge in [-0.05, 0) is 13.3 Å². The van der Waals surface area contributed by atoms with E-state index < -0.39 is 12.1 Å². The molecule has 2 unspecified atom stereocenters. The van der Waals surface area contributed by atoms with E-state index in [1.807, 2.05) is 0 Å². The molecule has 0 rings (SSSR count). The zero-order valence-electron chi connectivity index (χ0n) is 15.0. The molecular formula is C19H31ClO4. The Balaban J connectivity index is 3.82. The zero-order chi connectivity index (χ0) is 18.2. The molecule has 1 N–H and O–H groups in total. The van der Waals surface area contributed by atoms with Crippen LogP contribution in [0.1, 0.15) is 78.1 Å². The van der Waals surface area contributed by atoms with Crippen molar-refractivity contribution in [3.63, 3.8) is 0 Å². The van der Waals surface area contributed by atoms with Crippen LogP contribution in [0.2, 0.25) is 0 Å². The first-order valence-corrected chi connectivity index (χ1v) is 9.42. The first-order valence-electron chi connectivity index (χ1n) is 8.99. The fourth-order valence-corrected chi connectivity index (χ4v) is 2.43. The molecule has 0 radical (unpaired) electrons. The van der Waals surface area contributed by atoms with E-state index in [0.29, 0.717) is 6.42 Å². The number of hydrogen-bond donors (Lipinski definition) is 1. The van der Waals surface area contributed by atoms with Crippen molar-refractivity contribution in [2.24, 2.45) is 0 Å². The summed E-state index contributed by atoms with van der Waals surface area (Å²) >= 11 is 6.14. The molecular weight excluding hydrogens is 328 g/mol. The Morgan fingerprint density at radius 3 is 2.46 bits per heavy atom. The van der Waals surface area contributed by atoms with Crippen molar-refractivity contribution in [1.82, 2.24) is 0 Å². The number of Topliss-reactive ketones (excluding diaryl/α,β-unsaturated/α-hetero) is 1. The summed E-state index contributed by atoms with van der Waals surface area (Å²) in [5.74, 6) is 4.74. The van der Waals surface area contributed by atoms with E-state index in [9.17, 15) is 14.7 Å². The van der Waals surface area contributed by atoms with Gasteiger partial charge < -0.3 is 9.84 Å². The number of halogens is 1. The minimum absolute atomic E-state index is 0.183. The SMILES string of the molecule is CCCCCCCCC(Cl)C(O)C#CCCC(=O)CC(=O)OCC. The molecule has 0 aromatic rings. The topological polar surface area (TPSA) is 63.6 Å². The largest absolute Gasteiger partial charge is 0.466 e.